The smallest absolute Gasteiger partial charge is 0.138 e. The summed E-state index contributed by atoms with van der Waals surface area (Å²) < 4.78 is 2.02. The molecule has 0 aliphatic carbocycles. The highest BCUT2D eigenvalue weighted by atomic mass is 16.3. The molecular formula is C13H15N3O. The molecule has 0 amide bonds. The number of aryl methyl sites for hydroxylation is 1. The molecule has 88 valence electrons. The summed E-state index contributed by atoms with van der Waals surface area (Å²) in [6.07, 6.45) is 0.380. The van der Waals surface area contributed by atoms with Gasteiger partial charge < -0.3 is 9.67 Å². The number of rotatable bonds is 3. The predicted molar refractivity (Wildman–Crippen MR) is 65.4 cm³/mol. The lowest BCUT2D eigenvalue weighted by atomic mass is 10.2. The molecule has 0 spiro atoms. The third-order valence-electron chi connectivity index (χ3n) is 2.73. The maximum Gasteiger partial charge on any atom is 0.138 e. The van der Waals surface area contributed by atoms with E-state index in [1.165, 1.54) is 0 Å². The molecule has 0 radical (unpaired) electrons. The van der Waals surface area contributed by atoms with Crippen molar-refractivity contribution in [2.75, 3.05) is 0 Å². The molecule has 4 heteroatoms. The van der Waals surface area contributed by atoms with Gasteiger partial charge in [0, 0.05) is 6.54 Å². The molecule has 2 rings (SSSR count). The Morgan fingerprint density at radius 3 is 2.88 bits per heavy atom. The number of aliphatic hydroxyl groups is 1. The van der Waals surface area contributed by atoms with Crippen molar-refractivity contribution < 1.29 is 5.11 Å². The lowest BCUT2D eigenvalue weighted by molar-refractivity contribution is 0.184. The Morgan fingerprint density at radius 2 is 2.29 bits per heavy atom. The minimum Gasteiger partial charge on any atom is -0.385 e. The van der Waals surface area contributed by atoms with Crippen molar-refractivity contribution >= 4 is 11.0 Å². The van der Waals surface area contributed by atoms with Crippen LogP contribution in [0.5, 0.6) is 0 Å². The molecule has 1 aromatic carbocycles. The maximum absolute atomic E-state index is 9.71. The zero-order chi connectivity index (χ0) is 12.4. The van der Waals surface area contributed by atoms with Gasteiger partial charge in [0.2, 0.25) is 0 Å². The minimum atomic E-state index is -0.598. The van der Waals surface area contributed by atoms with Crippen molar-refractivity contribution in [3.63, 3.8) is 0 Å². The maximum atomic E-state index is 9.71. The average molecular weight is 229 g/mol. The van der Waals surface area contributed by atoms with Crippen LogP contribution in [0.15, 0.2) is 18.2 Å². The Morgan fingerprint density at radius 1 is 1.53 bits per heavy atom. The number of aromatic nitrogens is 2. The van der Waals surface area contributed by atoms with E-state index in [4.69, 9.17) is 5.26 Å². The van der Waals surface area contributed by atoms with Gasteiger partial charge in [-0.2, -0.15) is 5.26 Å². The highest BCUT2D eigenvalue weighted by Crippen LogP contribution is 2.22. The summed E-state index contributed by atoms with van der Waals surface area (Å²) >= 11 is 0. The third kappa shape index (κ3) is 2.02. The second kappa shape index (κ2) is 4.56. The Balaban J connectivity index is 2.66. The first kappa shape index (κ1) is 11.6. The predicted octanol–water partition coefficient (Wildman–Crippen LogP) is 2.37. The van der Waals surface area contributed by atoms with Crippen LogP contribution < -0.4 is 0 Å². The normalized spacial score (nSPS) is 12.6. The lowest BCUT2D eigenvalue weighted by Crippen LogP contribution is -2.06. The van der Waals surface area contributed by atoms with Crippen LogP contribution in [-0.2, 0) is 6.54 Å². The van der Waals surface area contributed by atoms with E-state index in [1.54, 1.807) is 19.1 Å². The fraction of sp³-hybridized carbons (Fsp3) is 0.385. The van der Waals surface area contributed by atoms with Crippen molar-refractivity contribution in [2.45, 2.75) is 32.9 Å². The quantitative estimate of drug-likeness (QED) is 0.878. The number of benzene rings is 1. The molecule has 0 bridgehead atoms. The Bertz CT molecular complexity index is 578. The highest BCUT2D eigenvalue weighted by molar-refractivity contribution is 5.77. The van der Waals surface area contributed by atoms with Crippen LogP contribution in [0, 0.1) is 11.3 Å². The minimum absolute atomic E-state index is 0.593. The number of nitriles is 1. The fourth-order valence-corrected chi connectivity index (χ4v) is 2.00. The second-order valence-corrected chi connectivity index (χ2v) is 4.11. The van der Waals surface area contributed by atoms with Crippen molar-refractivity contribution in [3.8, 4) is 6.07 Å². The first-order valence-corrected chi connectivity index (χ1v) is 5.75. The van der Waals surface area contributed by atoms with Gasteiger partial charge in [-0.25, -0.2) is 4.98 Å². The first-order chi connectivity index (χ1) is 8.17. The van der Waals surface area contributed by atoms with Gasteiger partial charge in [0.15, 0.2) is 0 Å². The number of aliphatic hydroxyl groups excluding tert-OH is 1. The molecule has 0 saturated carbocycles. The first-order valence-electron chi connectivity index (χ1n) is 5.75. The molecule has 1 N–H and O–H groups in total. The summed E-state index contributed by atoms with van der Waals surface area (Å²) in [4.78, 5) is 4.40. The molecule has 0 unspecified atom stereocenters. The number of hydrogen-bond donors (Lipinski definition) is 1. The van der Waals surface area contributed by atoms with Gasteiger partial charge in [-0.1, -0.05) is 6.92 Å². The van der Waals surface area contributed by atoms with Gasteiger partial charge in [0.25, 0.3) is 0 Å². The van der Waals surface area contributed by atoms with Crippen LogP contribution in [0.2, 0.25) is 0 Å². The summed E-state index contributed by atoms with van der Waals surface area (Å²) in [6.45, 7) is 4.61. The molecule has 0 fully saturated rings. The Labute approximate surface area is 100 Å². The lowest BCUT2D eigenvalue weighted by Gasteiger charge is -2.09. The zero-order valence-electron chi connectivity index (χ0n) is 10.0. The van der Waals surface area contributed by atoms with Gasteiger partial charge >= 0.3 is 0 Å². The molecule has 4 nitrogen and oxygen atoms in total. The zero-order valence-corrected chi connectivity index (χ0v) is 10.0. The van der Waals surface area contributed by atoms with E-state index in [0.717, 1.165) is 24.0 Å². The molecule has 1 aromatic heterocycles. The van der Waals surface area contributed by atoms with Crippen molar-refractivity contribution in [3.05, 3.63) is 29.6 Å². The van der Waals surface area contributed by atoms with E-state index in [9.17, 15) is 5.11 Å². The van der Waals surface area contributed by atoms with E-state index in [-0.39, 0.29) is 0 Å². The SMILES string of the molecule is CCCn1c([C@H](C)O)nc2cc(C#N)ccc21. The van der Waals surface area contributed by atoms with Crippen molar-refractivity contribution in [1.82, 2.24) is 9.55 Å². The van der Waals surface area contributed by atoms with Crippen LogP contribution in [0.3, 0.4) is 0 Å². The largest absolute Gasteiger partial charge is 0.385 e. The summed E-state index contributed by atoms with van der Waals surface area (Å²) in [5.41, 5.74) is 2.34. The molecule has 17 heavy (non-hydrogen) atoms. The van der Waals surface area contributed by atoms with E-state index in [2.05, 4.69) is 18.0 Å². The van der Waals surface area contributed by atoms with Gasteiger partial charge in [0.1, 0.15) is 11.9 Å². The van der Waals surface area contributed by atoms with Crippen molar-refractivity contribution in [1.29, 1.82) is 5.26 Å². The van der Waals surface area contributed by atoms with E-state index < -0.39 is 6.10 Å². The highest BCUT2D eigenvalue weighted by Gasteiger charge is 2.14. The summed E-state index contributed by atoms with van der Waals surface area (Å²) in [5, 5.41) is 18.6. The molecule has 1 atom stereocenters. The van der Waals surface area contributed by atoms with E-state index >= 15 is 0 Å². The van der Waals surface area contributed by atoms with Crippen LogP contribution in [0.1, 0.15) is 37.8 Å². The third-order valence-corrected chi connectivity index (χ3v) is 2.73. The van der Waals surface area contributed by atoms with Crippen LogP contribution in [0.4, 0.5) is 0 Å². The molecule has 0 saturated heterocycles. The van der Waals surface area contributed by atoms with Gasteiger partial charge in [-0.05, 0) is 31.5 Å². The van der Waals surface area contributed by atoms with Crippen LogP contribution in [-0.4, -0.2) is 14.7 Å². The second-order valence-electron chi connectivity index (χ2n) is 4.11. The molecule has 2 aromatic rings. The summed E-state index contributed by atoms with van der Waals surface area (Å²) in [7, 11) is 0. The van der Waals surface area contributed by atoms with E-state index in [0.29, 0.717) is 11.4 Å². The Kier molecular flexibility index (Phi) is 3.12. The van der Waals surface area contributed by atoms with Gasteiger partial charge in [0.05, 0.1) is 22.7 Å². The standard InChI is InChI=1S/C13H15N3O/c1-3-6-16-12-5-4-10(8-14)7-11(12)15-13(16)9(2)17/h4-5,7,9,17H,3,6H2,1-2H3/t9-/m0/s1. The van der Waals surface area contributed by atoms with Gasteiger partial charge in [-0.3, -0.25) is 0 Å². The topological polar surface area (TPSA) is 61.8 Å². The summed E-state index contributed by atoms with van der Waals surface area (Å²) in [5.74, 6) is 0.664. The fourth-order valence-electron chi connectivity index (χ4n) is 2.00. The van der Waals surface area contributed by atoms with E-state index in [1.807, 2.05) is 10.6 Å². The van der Waals surface area contributed by atoms with Crippen LogP contribution >= 0.6 is 0 Å². The number of fused-ring (bicyclic) bond motifs is 1. The molecule has 0 aliphatic rings. The van der Waals surface area contributed by atoms with Crippen LogP contribution in [0.25, 0.3) is 11.0 Å². The molecule has 0 aliphatic heterocycles. The Hall–Kier alpha value is -1.86. The summed E-state index contributed by atoms with van der Waals surface area (Å²) in [6, 6.07) is 7.53. The molecular weight excluding hydrogens is 214 g/mol. The number of imidazole rings is 1. The number of nitrogens with zero attached hydrogens (tertiary/aromatic N) is 3. The molecule has 1 heterocycles. The van der Waals surface area contributed by atoms with Crippen molar-refractivity contribution in [2.24, 2.45) is 0 Å². The van der Waals surface area contributed by atoms with Gasteiger partial charge in [-0.15, -0.1) is 0 Å². The average Bonchev–Trinajstić information content (AvgIpc) is 2.68. The monoisotopic (exact) mass is 229 g/mol. The number of hydrogen-bond acceptors (Lipinski definition) is 3.